The van der Waals surface area contributed by atoms with E-state index in [9.17, 15) is 18.8 Å². The molecular formula is C33H29ClFN3O4S. The maximum Gasteiger partial charge on any atom is 0.272 e. The van der Waals surface area contributed by atoms with Crippen molar-refractivity contribution in [1.82, 2.24) is 5.32 Å². The predicted octanol–water partition coefficient (Wildman–Crippen LogP) is 7.41. The number of rotatable bonds is 11. The number of benzene rings is 4. The number of hydrogen-bond acceptors (Lipinski definition) is 5. The van der Waals surface area contributed by atoms with Gasteiger partial charge >= 0.3 is 0 Å². The number of anilines is 2. The summed E-state index contributed by atoms with van der Waals surface area (Å²) < 4.78 is 18.8. The Balaban J connectivity index is 1.50. The number of methoxy groups -OCH3 is 1. The van der Waals surface area contributed by atoms with Crippen molar-refractivity contribution in [3.05, 3.63) is 125 Å². The van der Waals surface area contributed by atoms with Gasteiger partial charge in [0.15, 0.2) is 0 Å². The summed E-state index contributed by atoms with van der Waals surface area (Å²) in [5.74, 6) is -1.20. The van der Waals surface area contributed by atoms with E-state index >= 15 is 0 Å². The highest BCUT2D eigenvalue weighted by Crippen LogP contribution is 2.31. The van der Waals surface area contributed by atoms with Gasteiger partial charge in [-0.05, 0) is 78.7 Å². The Morgan fingerprint density at radius 3 is 2.37 bits per heavy atom. The van der Waals surface area contributed by atoms with E-state index in [0.29, 0.717) is 39.7 Å². The average molecular weight is 618 g/mol. The van der Waals surface area contributed by atoms with E-state index in [4.69, 9.17) is 16.3 Å². The van der Waals surface area contributed by atoms with E-state index in [-0.39, 0.29) is 11.6 Å². The SMILES string of the molecule is CCC(Sc1cccc(NC(=O)/C(=C\c2ccc(F)cc2)NC(=O)c2ccccc2)c1)C(=O)Nc1cc(Cl)ccc1OC. The summed E-state index contributed by atoms with van der Waals surface area (Å²) in [6.45, 7) is 1.90. The summed E-state index contributed by atoms with van der Waals surface area (Å²) in [5, 5.41) is 8.37. The summed E-state index contributed by atoms with van der Waals surface area (Å²) >= 11 is 7.44. The Hall–Kier alpha value is -4.60. The van der Waals surface area contributed by atoms with Crippen LogP contribution < -0.4 is 20.7 Å². The minimum absolute atomic E-state index is 0.0280. The minimum atomic E-state index is -0.575. The van der Waals surface area contributed by atoms with Gasteiger partial charge in [0.1, 0.15) is 17.3 Å². The molecule has 0 aliphatic rings. The number of carbonyl (C=O) groups excluding carboxylic acids is 3. The first-order valence-electron chi connectivity index (χ1n) is 13.3. The van der Waals surface area contributed by atoms with Gasteiger partial charge < -0.3 is 20.7 Å². The maximum atomic E-state index is 13.5. The normalized spacial score (nSPS) is 11.8. The summed E-state index contributed by atoms with van der Waals surface area (Å²) in [7, 11) is 1.51. The zero-order valence-electron chi connectivity index (χ0n) is 23.4. The number of halogens is 2. The molecule has 0 saturated carbocycles. The number of hydrogen-bond donors (Lipinski definition) is 3. The van der Waals surface area contributed by atoms with Gasteiger partial charge in [0.2, 0.25) is 5.91 Å². The molecule has 4 aromatic rings. The highest BCUT2D eigenvalue weighted by Gasteiger charge is 2.21. The van der Waals surface area contributed by atoms with Crippen molar-refractivity contribution in [2.75, 3.05) is 17.7 Å². The monoisotopic (exact) mass is 617 g/mol. The van der Waals surface area contributed by atoms with Crippen LogP contribution in [0.3, 0.4) is 0 Å². The molecule has 0 heterocycles. The zero-order valence-corrected chi connectivity index (χ0v) is 25.0. The lowest BCUT2D eigenvalue weighted by Crippen LogP contribution is -2.30. The molecule has 0 radical (unpaired) electrons. The quantitative estimate of drug-likeness (QED) is 0.120. The number of nitrogens with one attached hydrogen (secondary N) is 3. The molecule has 43 heavy (non-hydrogen) atoms. The number of amides is 3. The Labute approximate surface area is 258 Å². The first-order chi connectivity index (χ1) is 20.7. The van der Waals surface area contributed by atoms with Crippen molar-refractivity contribution in [3.8, 4) is 5.75 Å². The first kappa shape index (κ1) is 31.3. The van der Waals surface area contributed by atoms with Crippen LogP contribution in [0.1, 0.15) is 29.3 Å². The molecule has 10 heteroatoms. The third-order valence-corrected chi connectivity index (χ3v) is 7.76. The van der Waals surface area contributed by atoms with Gasteiger partial charge in [-0.2, -0.15) is 0 Å². The van der Waals surface area contributed by atoms with Crippen LogP contribution >= 0.6 is 23.4 Å². The molecule has 7 nitrogen and oxygen atoms in total. The molecule has 0 fully saturated rings. The molecule has 0 aliphatic carbocycles. The van der Waals surface area contributed by atoms with Crippen LogP contribution in [-0.2, 0) is 9.59 Å². The number of ether oxygens (including phenoxy) is 1. The Morgan fingerprint density at radius 1 is 0.930 bits per heavy atom. The highest BCUT2D eigenvalue weighted by atomic mass is 35.5. The van der Waals surface area contributed by atoms with Crippen molar-refractivity contribution in [2.24, 2.45) is 0 Å². The minimum Gasteiger partial charge on any atom is -0.495 e. The number of thioether (sulfide) groups is 1. The second-order valence-corrected chi connectivity index (χ2v) is 11.0. The topological polar surface area (TPSA) is 96.5 Å². The van der Waals surface area contributed by atoms with Crippen LogP contribution in [-0.4, -0.2) is 30.1 Å². The smallest absolute Gasteiger partial charge is 0.272 e. The predicted molar refractivity (Wildman–Crippen MR) is 170 cm³/mol. The fourth-order valence-corrected chi connectivity index (χ4v) is 5.18. The molecule has 220 valence electrons. The highest BCUT2D eigenvalue weighted by molar-refractivity contribution is 8.00. The lowest BCUT2D eigenvalue weighted by molar-refractivity contribution is -0.116. The lowest BCUT2D eigenvalue weighted by atomic mass is 10.1. The van der Waals surface area contributed by atoms with Gasteiger partial charge in [-0.3, -0.25) is 14.4 Å². The van der Waals surface area contributed by atoms with Gasteiger partial charge in [0.25, 0.3) is 11.8 Å². The standard InChI is InChI=1S/C33H29ClFN3O4S/c1-3-30(33(41)37-27-19-23(34)14-17-29(27)42-2)43-26-11-7-10-25(20-26)36-32(40)28(18-21-12-15-24(35)16-13-21)38-31(39)22-8-5-4-6-9-22/h4-20,30H,3H2,1-2H3,(H,36,40)(H,37,41)(H,38,39)/b28-18+. The van der Waals surface area contributed by atoms with Gasteiger partial charge in [-0.15, -0.1) is 11.8 Å². The Kier molecular flexibility index (Phi) is 11.0. The van der Waals surface area contributed by atoms with Gasteiger partial charge in [-0.25, -0.2) is 4.39 Å². The van der Waals surface area contributed by atoms with Crippen LogP contribution in [0.15, 0.2) is 108 Å². The maximum absolute atomic E-state index is 13.5. The molecule has 0 aromatic heterocycles. The lowest BCUT2D eigenvalue weighted by Gasteiger charge is -2.17. The molecule has 0 bridgehead atoms. The van der Waals surface area contributed by atoms with Crippen molar-refractivity contribution >= 4 is 58.5 Å². The van der Waals surface area contributed by atoms with Crippen molar-refractivity contribution in [3.63, 3.8) is 0 Å². The molecule has 3 amide bonds. The largest absolute Gasteiger partial charge is 0.495 e. The Morgan fingerprint density at radius 2 is 1.67 bits per heavy atom. The average Bonchev–Trinajstić information content (AvgIpc) is 3.01. The van der Waals surface area contributed by atoms with Crippen LogP contribution in [0.2, 0.25) is 5.02 Å². The van der Waals surface area contributed by atoms with Crippen LogP contribution in [0.25, 0.3) is 6.08 Å². The van der Waals surface area contributed by atoms with E-state index in [2.05, 4.69) is 16.0 Å². The summed E-state index contributed by atoms with van der Waals surface area (Å²) in [6, 6.07) is 26.0. The van der Waals surface area contributed by atoms with E-state index in [1.807, 2.05) is 13.0 Å². The van der Waals surface area contributed by atoms with E-state index < -0.39 is 22.9 Å². The second-order valence-electron chi connectivity index (χ2n) is 9.26. The van der Waals surface area contributed by atoms with Crippen molar-refractivity contribution < 1.29 is 23.5 Å². The van der Waals surface area contributed by atoms with Gasteiger partial charge in [-0.1, -0.05) is 54.9 Å². The molecule has 0 aliphatic heterocycles. The van der Waals surface area contributed by atoms with Crippen LogP contribution in [0, 0.1) is 5.82 Å². The molecule has 1 atom stereocenters. The summed E-state index contributed by atoms with van der Waals surface area (Å²) in [5.41, 5.74) is 1.80. The van der Waals surface area contributed by atoms with Crippen molar-refractivity contribution in [2.45, 2.75) is 23.5 Å². The van der Waals surface area contributed by atoms with E-state index in [0.717, 1.165) is 4.90 Å². The first-order valence-corrected chi connectivity index (χ1v) is 14.6. The fraction of sp³-hybridized carbons (Fsp3) is 0.121. The van der Waals surface area contributed by atoms with E-state index in [1.165, 1.54) is 49.2 Å². The molecule has 1 unspecified atom stereocenters. The van der Waals surface area contributed by atoms with Crippen molar-refractivity contribution in [1.29, 1.82) is 0 Å². The molecule has 4 aromatic carbocycles. The molecule has 3 N–H and O–H groups in total. The molecule has 4 rings (SSSR count). The van der Waals surface area contributed by atoms with Gasteiger partial charge in [0, 0.05) is 21.2 Å². The second kappa shape index (κ2) is 15.0. The third kappa shape index (κ3) is 8.94. The molecular weight excluding hydrogens is 589 g/mol. The third-order valence-electron chi connectivity index (χ3n) is 6.16. The van der Waals surface area contributed by atoms with Gasteiger partial charge in [0.05, 0.1) is 18.0 Å². The molecule has 0 saturated heterocycles. The molecule has 0 spiro atoms. The fourth-order valence-electron chi connectivity index (χ4n) is 3.99. The van der Waals surface area contributed by atoms with Crippen LogP contribution in [0.4, 0.5) is 15.8 Å². The summed E-state index contributed by atoms with van der Waals surface area (Å²) in [4.78, 5) is 40.1. The Bertz CT molecular complexity index is 1630. The van der Waals surface area contributed by atoms with E-state index in [1.54, 1.807) is 66.7 Å². The number of carbonyl (C=O) groups is 3. The zero-order chi connectivity index (χ0) is 30.8. The van der Waals surface area contributed by atoms with Crippen LogP contribution in [0.5, 0.6) is 5.75 Å². The summed E-state index contributed by atoms with van der Waals surface area (Å²) in [6.07, 6.45) is 2.00.